The highest BCUT2D eigenvalue weighted by Crippen LogP contribution is 2.32. The van der Waals surface area contributed by atoms with Gasteiger partial charge in [0, 0.05) is 34.1 Å². The predicted octanol–water partition coefficient (Wildman–Crippen LogP) is 5.10. The first-order chi connectivity index (χ1) is 16.3. The number of ketones is 1. The summed E-state index contributed by atoms with van der Waals surface area (Å²) in [6.45, 7) is 4.22. The lowest BCUT2D eigenvalue weighted by atomic mass is 9.85. The number of amides is 1. The van der Waals surface area contributed by atoms with Crippen LogP contribution >= 0.6 is 0 Å². The van der Waals surface area contributed by atoms with Gasteiger partial charge >= 0.3 is 0 Å². The number of hydrogen-bond donors (Lipinski definition) is 2. The van der Waals surface area contributed by atoms with Crippen LogP contribution in [0.25, 0.3) is 5.70 Å². The van der Waals surface area contributed by atoms with Crippen molar-refractivity contribution in [1.29, 1.82) is 0 Å². The summed E-state index contributed by atoms with van der Waals surface area (Å²) in [5.41, 5.74) is 4.27. The second kappa shape index (κ2) is 9.43. The quantitative estimate of drug-likeness (QED) is 0.398. The van der Waals surface area contributed by atoms with Gasteiger partial charge in [-0.05, 0) is 74.4 Å². The van der Waals surface area contributed by atoms with Crippen LogP contribution in [0.15, 0.2) is 72.8 Å². The van der Waals surface area contributed by atoms with Crippen LogP contribution in [0, 0.1) is 0 Å². The summed E-state index contributed by atoms with van der Waals surface area (Å²) in [4.78, 5) is 25.7. The Labute approximate surface area is 199 Å². The molecule has 4 rings (SSSR count). The van der Waals surface area contributed by atoms with Gasteiger partial charge < -0.3 is 20.1 Å². The number of allylic oxidation sites excluding steroid dienone is 1. The molecule has 174 valence electrons. The van der Waals surface area contributed by atoms with Crippen LogP contribution in [-0.4, -0.2) is 31.4 Å². The first-order valence-corrected chi connectivity index (χ1v) is 11.1. The minimum atomic E-state index is -0.280. The molecule has 6 nitrogen and oxygen atoms in total. The van der Waals surface area contributed by atoms with E-state index in [2.05, 4.69) is 24.5 Å². The lowest BCUT2D eigenvalue weighted by Gasteiger charge is -2.35. The lowest BCUT2D eigenvalue weighted by molar-refractivity contribution is 0.102. The number of nitrogens with one attached hydrogen (secondary N) is 2. The summed E-state index contributed by atoms with van der Waals surface area (Å²) >= 11 is 0. The van der Waals surface area contributed by atoms with E-state index in [0.29, 0.717) is 22.6 Å². The van der Waals surface area contributed by atoms with Gasteiger partial charge in [-0.3, -0.25) is 9.59 Å². The molecule has 0 spiro atoms. The van der Waals surface area contributed by atoms with Crippen LogP contribution in [0.5, 0.6) is 11.5 Å². The average molecular weight is 457 g/mol. The zero-order valence-corrected chi connectivity index (χ0v) is 19.8. The van der Waals surface area contributed by atoms with E-state index >= 15 is 0 Å². The molecular weight excluding hydrogens is 428 g/mol. The Bertz CT molecular complexity index is 1260. The zero-order valence-electron chi connectivity index (χ0n) is 19.8. The van der Waals surface area contributed by atoms with E-state index in [1.165, 1.54) is 7.11 Å². The van der Waals surface area contributed by atoms with Gasteiger partial charge in [0.2, 0.25) is 0 Å². The second-order valence-corrected chi connectivity index (χ2v) is 8.86. The largest absolute Gasteiger partial charge is 0.497 e. The standard InChI is InChI=1S/C28H28N2O4/c1-28(2)17-19-11-14-21(33-3)15-23(19)24(30-28)16-25(31)18-9-12-20(13-10-18)29-27(32)22-7-5-6-8-26(22)34-4/h5-16,30H,17H2,1-4H3,(H,29,32)/b24-16-. The third kappa shape index (κ3) is 4.96. The molecular formula is C28H28N2O4. The Morgan fingerprint density at radius 1 is 0.971 bits per heavy atom. The summed E-state index contributed by atoms with van der Waals surface area (Å²) in [5, 5.41) is 6.33. The summed E-state index contributed by atoms with van der Waals surface area (Å²) in [6.07, 6.45) is 2.47. The average Bonchev–Trinajstić information content (AvgIpc) is 2.83. The molecule has 0 saturated heterocycles. The first kappa shape index (κ1) is 23.1. The highest BCUT2D eigenvalue weighted by atomic mass is 16.5. The summed E-state index contributed by atoms with van der Waals surface area (Å²) in [5.74, 6) is 0.835. The zero-order chi connectivity index (χ0) is 24.3. The number of fused-ring (bicyclic) bond motifs is 1. The van der Waals surface area contributed by atoms with E-state index in [9.17, 15) is 9.59 Å². The molecule has 3 aromatic carbocycles. The maximum absolute atomic E-state index is 13.1. The number of carbonyl (C=O) groups is 2. The molecule has 0 aliphatic carbocycles. The summed E-state index contributed by atoms with van der Waals surface area (Å²) < 4.78 is 10.6. The molecule has 1 amide bonds. The molecule has 0 fully saturated rings. The Morgan fingerprint density at radius 3 is 2.41 bits per heavy atom. The van der Waals surface area contributed by atoms with Crippen LogP contribution < -0.4 is 20.1 Å². The van der Waals surface area contributed by atoms with Crippen molar-refractivity contribution in [2.75, 3.05) is 19.5 Å². The molecule has 34 heavy (non-hydrogen) atoms. The Hall–Kier alpha value is -4.06. The molecule has 1 aliphatic heterocycles. The molecule has 1 aliphatic rings. The third-order valence-corrected chi connectivity index (χ3v) is 5.77. The van der Waals surface area contributed by atoms with E-state index in [4.69, 9.17) is 9.47 Å². The van der Waals surface area contributed by atoms with Crippen molar-refractivity contribution in [3.8, 4) is 11.5 Å². The van der Waals surface area contributed by atoms with Gasteiger partial charge in [0.05, 0.1) is 19.8 Å². The SMILES string of the molecule is COc1ccc2c(c1)/C(=C/C(=O)c1ccc(NC(=O)c3ccccc3OC)cc1)NC(C)(C)C2. The van der Waals surface area contributed by atoms with E-state index in [-0.39, 0.29) is 17.2 Å². The molecule has 6 heteroatoms. The number of hydrogen-bond acceptors (Lipinski definition) is 5. The van der Waals surface area contributed by atoms with Crippen molar-refractivity contribution in [3.05, 3.63) is 95.1 Å². The summed E-state index contributed by atoms with van der Waals surface area (Å²) in [7, 11) is 3.16. The fourth-order valence-electron chi connectivity index (χ4n) is 4.12. The molecule has 3 aromatic rings. The summed E-state index contributed by atoms with van der Waals surface area (Å²) in [6, 6.07) is 19.8. The van der Waals surface area contributed by atoms with Gasteiger partial charge in [0.1, 0.15) is 11.5 Å². The molecule has 2 N–H and O–H groups in total. The lowest BCUT2D eigenvalue weighted by Crippen LogP contribution is -2.43. The number of ether oxygens (including phenoxy) is 2. The van der Waals surface area contributed by atoms with Crippen molar-refractivity contribution >= 4 is 23.1 Å². The van der Waals surface area contributed by atoms with Gasteiger partial charge in [-0.25, -0.2) is 0 Å². The monoisotopic (exact) mass is 456 g/mol. The van der Waals surface area contributed by atoms with Crippen molar-refractivity contribution in [3.63, 3.8) is 0 Å². The number of para-hydroxylation sites is 1. The Kier molecular flexibility index (Phi) is 6.41. The van der Waals surface area contributed by atoms with E-state index in [0.717, 1.165) is 29.0 Å². The second-order valence-electron chi connectivity index (χ2n) is 8.86. The van der Waals surface area contributed by atoms with Gasteiger partial charge in [-0.2, -0.15) is 0 Å². The predicted molar refractivity (Wildman–Crippen MR) is 134 cm³/mol. The molecule has 1 heterocycles. The van der Waals surface area contributed by atoms with Crippen LogP contribution in [0.1, 0.15) is 45.7 Å². The highest BCUT2D eigenvalue weighted by molar-refractivity contribution is 6.09. The molecule has 0 aromatic heterocycles. The van der Waals surface area contributed by atoms with Crippen LogP contribution in [0.2, 0.25) is 0 Å². The maximum Gasteiger partial charge on any atom is 0.259 e. The molecule has 0 saturated carbocycles. The first-order valence-electron chi connectivity index (χ1n) is 11.1. The van der Waals surface area contributed by atoms with Crippen molar-refractivity contribution in [2.24, 2.45) is 0 Å². The van der Waals surface area contributed by atoms with Gasteiger partial charge in [0.15, 0.2) is 5.78 Å². The molecule has 0 atom stereocenters. The minimum absolute atomic E-state index is 0.128. The Morgan fingerprint density at radius 2 is 1.71 bits per heavy atom. The van der Waals surface area contributed by atoms with Gasteiger partial charge in [-0.1, -0.05) is 18.2 Å². The van der Waals surface area contributed by atoms with Gasteiger partial charge in [-0.15, -0.1) is 0 Å². The van der Waals surface area contributed by atoms with Crippen LogP contribution in [0.3, 0.4) is 0 Å². The fraction of sp³-hybridized carbons (Fsp3) is 0.214. The fourth-order valence-corrected chi connectivity index (χ4v) is 4.12. The van der Waals surface area contributed by atoms with E-state index in [1.807, 2.05) is 18.2 Å². The third-order valence-electron chi connectivity index (χ3n) is 5.77. The van der Waals surface area contributed by atoms with Crippen LogP contribution in [-0.2, 0) is 6.42 Å². The number of anilines is 1. The van der Waals surface area contributed by atoms with Crippen molar-refractivity contribution in [2.45, 2.75) is 25.8 Å². The smallest absolute Gasteiger partial charge is 0.259 e. The Balaban J connectivity index is 1.55. The van der Waals surface area contributed by atoms with E-state index in [1.54, 1.807) is 61.7 Å². The topological polar surface area (TPSA) is 76.7 Å². The van der Waals surface area contributed by atoms with Crippen molar-refractivity contribution in [1.82, 2.24) is 5.32 Å². The minimum Gasteiger partial charge on any atom is -0.497 e. The van der Waals surface area contributed by atoms with Gasteiger partial charge in [0.25, 0.3) is 5.91 Å². The number of carbonyl (C=O) groups excluding carboxylic acids is 2. The van der Waals surface area contributed by atoms with Crippen molar-refractivity contribution < 1.29 is 19.1 Å². The van der Waals surface area contributed by atoms with E-state index < -0.39 is 0 Å². The molecule has 0 unspecified atom stereocenters. The normalized spacial score (nSPS) is 15.1. The maximum atomic E-state index is 13.1. The van der Waals surface area contributed by atoms with Crippen LogP contribution in [0.4, 0.5) is 5.69 Å². The molecule has 0 radical (unpaired) electrons. The number of rotatable bonds is 6. The number of methoxy groups -OCH3 is 2. The highest BCUT2D eigenvalue weighted by Gasteiger charge is 2.28. The molecule has 0 bridgehead atoms. The number of benzene rings is 3.